The summed E-state index contributed by atoms with van der Waals surface area (Å²) in [6, 6.07) is 0. The summed E-state index contributed by atoms with van der Waals surface area (Å²) in [5.41, 5.74) is 1.29. The summed E-state index contributed by atoms with van der Waals surface area (Å²) >= 11 is 0. The first kappa shape index (κ1) is 10.6. The molecule has 0 amide bonds. The first-order chi connectivity index (χ1) is 6.29. The van der Waals surface area contributed by atoms with E-state index in [0.29, 0.717) is 5.92 Å². The van der Waals surface area contributed by atoms with Gasteiger partial charge < -0.3 is 4.84 Å². The highest BCUT2D eigenvalue weighted by atomic mass is 16.6. The van der Waals surface area contributed by atoms with Crippen molar-refractivity contribution in [3.63, 3.8) is 0 Å². The zero-order chi connectivity index (χ0) is 9.68. The first-order valence-electron chi connectivity index (χ1n) is 5.39. The Kier molecular flexibility index (Phi) is 4.26. The molecule has 0 saturated heterocycles. The molecule has 2 heteroatoms. The number of hydrogen-bond acceptors (Lipinski definition) is 2. The molecule has 2 atom stereocenters. The van der Waals surface area contributed by atoms with Crippen LogP contribution in [0.1, 0.15) is 46.0 Å². The summed E-state index contributed by atoms with van der Waals surface area (Å²) in [6.07, 6.45) is 6.33. The van der Waals surface area contributed by atoms with Crippen LogP contribution in [0.4, 0.5) is 0 Å². The Balaban J connectivity index is 2.61. The van der Waals surface area contributed by atoms with Crippen LogP contribution in [0.5, 0.6) is 0 Å². The summed E-state index contributed by atoms with van der Waals surface area (Å²) in [6.45, 7) is 4.57. The molecule has 0 aromatic carbocycles. The van der Waals surface area contributed by atoms with Gasteiger partial charge in [-0.1, -0.05) is 31.8 Å². The van der Waals surface area contributed by atoms with Crippen LogP contribution in [0.2, 0.25) is 0 Å². The molecule has 13 heavy (non-hydrogen) atoms. The second-order valence-electron chi connectivity index (χ2n) is 4.00. The van der Waals surface area contributed by atoms with E-state index in [0.717, 1.165) is 12.3 Å². The monoisotopic (exact) mass is 183 g/mol. The van der Waals surface area contributed by atoms with Crippen LogP contribution in [0.3, 0.4) is 0 Å². The van der Waals surface area contributed by atoms with E-state index in [-0.39, 0.29) is 0 Å². The largest absolute Gasteiger partial charge is 0.399 e. The average Bonchev–Trinajstić information content (AvgIpc) is 2.18. The lowest BCUT2D eigenvalue weighted by molar-refractivity contribution is 0.205. The predicted molar refractivity (Wildman–Crippen MR) is 55.9 cm³/mol. The van der Waals surface area contributed by atoms with E-state index < -0.39 is 0 Å². The highest BCUT2D eigenvalue weighted by molar-refractivity contribution is 5.87. The minimum atomic E-state index is 0.679. The van der Waals surface area contributed by atoms with Crippen LogP contribution < -0.4 is 0 Å². The minimum Gasteiger partial charge on any atom is -0.399 e. The van der Waals surface area contributed by atoms with Crippen molar-refractivity contribution in [2.24, 2.45) is 17.0 Å². The fraction of sp³-hybridized carbons (Fsp3) is 0.909. The second-order valence-corrected chi connectivity index (χ2v) is 4.00. The van der Waals surface area contributed by atoms with Gasteiger partial charge in [0, 0.05) is 5.92 Å². The van der Waals surface area contributed by atoms with Gasteiger partial charge in [-0.15, -0.1) is 0 Å². The molecule has 1 aliphatic carbocycles. The highest BCUT2D eigenvalue weighted by Gasteiger charge is 2.25. The molecule has 1 aliphatic rings. The molecule has 0 aliphatic heterocycles. The lowest BCUT2D eigenvalue weighted by Gasteiger charge is -2.28. The van der Waals surface area contributed by atoms with Crippen molar-refractivity contribution < 1.29 is 4.84 Å². The van der Waals surface area contributed by atoms with Crippen LogP contribution >= 0.6 is 0 Å². The normalized spacial score (nSPS) is 28.8. The smallest absolute Gasteiger partial charge is 0.106 e. The van der Waals surface area contributed by atoms with Gasteiger partial charge in [-0.25, -0.2) is 0 Å². The Bertz CT molecular complexity index is 177. The third-order valence-corrected chi connectivity index (χ3v) is 3.17. The Hall–Kier alpha value is -0.530. The fourth-order valence-electron chi connectivity index (χ4n) is 2.15. The summed E-state index contributed by atoms with van der Waals surface area (Å²) in [5, 5.41) is 4.15. The van der Waals surface area contributed by atoms with Crippen LogP contribution in [-0.4, -0.2) is 12.8 Å². The molecular weight excluding hydrogens is 162 g/mol. The zero-order valence-electron chi connectivity index (χ0n) is 9.05. The van der Waals surface area contributed by atoms with Crippen LogP contribution in [0.15, 0.2) is 5.16 Å². The summed E-state index contributed by atoms with van der Waals surface area (Å²) < 4.78 is 0. The quantitative estimate of drug-likeness (QED) is 0.616. The Morgan fingerprint density at radius 1 is 1.54 bits per heavy atom. The SMILES string of the molecule is CCC(C)C1CCCCC1=NOC. The van der Waals surface area contributed by atoms with E-state index in [1.54, 1.807) is 7.11 Å². The molecule has 1 rings (SSSR count). The second kappa shape index (κ2) is 5.25. The Morgan fingerprint density at radius 2 is 2.31 bits per heavy atom. The molecule has 0 aromatic heterocycles. The summed E-state index contributed by atoms with van der Waals surface area (Å²) in [4.78, 5) is 4.89. The molecule has 0 heterocycles. The van der Waals surface area contributed by atoms with Crippen molar-refractivity contribution in [2.75, 3.05) is 7.11 Å². The van der Waals surface area contributed by atoms with E-state index in [2.05, 4.69) is 19.0 Å². The minimum absolute atomic E-state index is 0.679. The van der Waals surface area contributed by atoms with Gasteiger partial charge in [-0.3, -0.25) is 0 Å². The molecule has 0 aromatic rings. The maximum absolute atomic E-state index is 4.89. The van der Waals surface area contributed by atoms with Gasteiger partial charge in [0.1, 0.15) is 7.11 Å². The molecule has 2 nitrogen and oxygen atoms in total. The molecule has 1 saturated carbocycles. The van der Waals surface area contributed by atoms with Crippen molar-refractivity contribution in [3.05, 3.63) is 0 Å². The average molecular weight is 183 g/mol. The van der Waals surface area contributed by atoms with Gasteiger partial charge in [-0.05, 0) is 25.2 Å². The van der Waals surface area contributed by atoms with Crippen LogP contribution in [0.25, 0.3) is 0 Å². The highest BCUT2D eigenvalue weighted by Crippen LogP contribution is 2.29. The lowest BCUT2D eigenvalue weighted by atomic mass is 9.78. The van der Waals surface area contributed by atoms with Gasteiger partial charge in [-0.2, -0.15) is 0 Å². The van der Waals surface area contributed by atoms with Crippen molar-refractivity contribution in [3.8, 4) is 0 Å². The van der Waals surface area contributed by atoms with Crippen molar-refractivity contribution in [2.45, 2.75) is 46.0 Å². The van der Waals surface area contributed by atoms with Crippen molar-refractivity contribution >= 4 is 5.71 Å². The standard InChI is InChI=1S/C11H21NO/c1-4-9(2)10-7-5-6-8-11(10)12-13-3/h9-10H,4-8H2,1-3H3. The predicted octanol–water partition coefficient (Wildman–Crippen LogP) is 3.23. The van der Waals surface area contributed by atoms with Crippen LogP contribution in [0, 0.1) is 11.8 Å². The maximum atomic E-state index is 4.89. The van der Waals surface area contributed by atoms with E-state index >= 15 is 0 Å². The van der Waals surface area contributed by atoms with Gasteiger partial charge in [0.05, 0.1) is 5.71 Å². The topological polar surface area (TPSA) is 21.6 Å². The number of rotatable bonds is 3. The van der Waals surface area contributed by atoms with Crippen molar-refractivity contribution in [1.29, 1.82) is 0 Å². The molecule has 1 fully saturated rings. The van der Waals surface area contributed by atoms with Gasteiger partial charge in [0.15, 0.2) is 0 Å². The van der Waals surface area contributed by atoms with Gasteiger partial charge in [0.25, 0.3) is 0 Å². The summed E-state index contributed by atoms with van der Waals surface area (Å²) in [7, 11) is 1.65. The molecule has 2 unspecified atom stereocenters. The fourth-order valence-corrected chi connectivity index (χ4v) is 2.15. The van der Waals surface area contributed by atoms with Crippen LogP contribution in [-0.2, 0) is 4.84 Å². The number of hydrogen-bond donors (Lipinski definition) is 0. The molecule has 0 bridgehead atoms. The van der Waals surface area contributed by atoms with E-state index in [4.69, 9.17) is 4.84 Å². The lowest BCUT2D eigenvalue weighted by Crippen LogP contribution is -2.25. The third kappa shape index (κ3) is 2.71. The number of oxime groups is 1. The zero-order valence-corrected chi connectivity index (χ0v) is 9.05. The molecule has 0 radical (unpaired) electrons. The molecule has 76 valence electrons. The maximum Gasteiger partial charge on any atom is 0.106 e. The Labute approximate surface area is 81.3 Å². The van der Waals surface area contributed by atoms with E-state index in [1.807, 2.05) is 0 Å². The summed E-state index contributed by atoms with van der Waals surface area (Å²) in [5.74, 6) is 1.44. The number of nitrogens with zero attached hydrogens (tertiary/aromatic N) is 1. The first-order valence-corrected chi connectivity index (χ1v) is 5.39. The Morgan fingerprint density at radius 3 is 2.92 bits per heavy atom. The molecular formula is C11H21NO. The van der Waals surface area contributed by atoms with E-state index in [9.17, 15) is 0 Å². The van der Waals surface area contributed by atoms with Gasteiger partial charge in [0.2, 0.25) is 0 Å². The van der Waals surface area contributed by atoms with E-state index in [1.165, 1.54) is 31.4 Å². The van der Waals surface area contributed by atoms with Gasteiger partial charge >= 0.3 is 0 Å². The van der Waals surface area contributed by atoms with Crippen molar-refractivity contribution in [1.82, 2.24) is 0 Å². The third-order valence-electron chi connectivity index (χ3n) is 3.17. The molecule has 0 N–H and O–H groups in total. The molecule has 0 spiro atoms.